The molecule has 0 amide bonds. The van der Waals surface area contributed by atoms with Crippen LogP contribution in [0.2, 0.25) is 10.0 Å². The van der Waals surface area contributed by atoms with Crippen molar-refractivity contribution in [1.29, 1.82) is 0 Å². The summed E-state index contributed by atoms with van der Waals surface area (Å²) < 4.78 is 27.8. The predicted molar refractivity (Wildman–Crippen MR) is 85.9 cm³/mol. The molecule has 2 N–H and O–H groups in total. The van der Waals surface area contributed by atoms with Gasteiger partial charge in [0.2, 0.25) is 0 Å². The van der Waals surface area contributed by atoms with Crippen molar-refractivity contribution in [3.8, 4) is 0 Å². The molecule has 0 bridgehead atoms. The van der Waals surface area contributed by atoms with Gasteiger partial charge in [-0.2, -0.15) is 0 Å². The highest BCUT2D eigenvalue weighted by Crippen LogP contribution is 2.25. The highest BCUT2D eigenvalue weighted by molar-refractivity contribution is 9.10. The van der Waals surface area contributed by atoms with E-state index in [1.54, 1.807) is 18.2 Å². The third kappa shape index (κ3) is 4.16. The maximum Gasteiger partial charge on any atom is 0.143 e. The van der Waals surface area contributed by atoms with E-state index >= 15 is 0 Å². The zero-order valence-corrected chi connectivity index (χ0v) is 13.9. The minimum atomic E-state index is -0.618. The molecule has 2 rings (SSSR count). The summed E-state index contributed by atoms with van der Waals surface area (Å²) in [6, 6.07) is 7.17. The van der Waals surface area contributed by atoms with Gasteiger partial charge in [-0.3, -0.25) is 0 Å². The fourth-order valence-electron chi connectivity index (χ4n) is 2.06. The SMILES string of the molecule is NC(Cc1ccc(Cl)cc1Cl)Cc1c(F)ccc(Br)c1F. The number of nitrogens with two attached hydrogens (primary N) is 1. The first-order valence-corrected chi connectivity index (χ1v) is 7.75. The quantitative estimate of drug-likeness (QED) is 0.713. The third-order valence-electron chi connectivity index (χ3n) is 3.10. The first kappa shape index (κ1) is 16.7. The highest BCUT2D eigenvalue weighted by atomic mass is 79.9. The summed E-state index contributed by atoms with van der Waals surface area (Å²) in [5, 5.41) is 1.02. The molecule has 2 aromatic carbocycles. The minimum Gasteiger partial charge on any atom is -0.327 e. The molecular formula is C15H12BrCl2F2N. The van der Waals surface area contributed by atoms with Crippen LogP contribution in [0.5, 0.6) is 0 Å². The predicted octanol–water partition coefficient (Wildman–Crippen LogP) is 5.15. The second-order valence-corrected chi connectivity index (χ2v) is 6.42. The molecule has 6 heteroatoms. The van der Waals surface area contributed by atoms with E-state index in [-0.39, 0.29) is 16.5 Å². The molecule has 112 valence electrons. The van der Waals surface area contributed by atoms with Crippen LogP contribution < -0.4 is 5.73 Å². The van der Waals surface area contributed by atoms with E-state index in [4.69, 9.17) is 28.9 Å². The molecule has 1 nitrogen and oxygen atoms in total. The van der Waals surface area contributed by atoms with Crippen LogP contribution in [-0.4, -0.2) is 6.04 Å². The minimum absolute atomic E-state index is 0.0260. The van der Waals surface area contributed by atoms with Crippen LogP contribution in [0.15, 0.2) is 34.8 Å². The molecule has 0 aliphatic carbocycles. The van der Waals surface area contributed by atoms with Crippen LogP contribution in [0.25, 0.3) is 0 Å². The van der Waals surface area contributed by atoms with Crippen molar-refractivity contribution in [3.63, 3.8) is 0 Å². The van der Waals surface area contributed by atoms with Crippen LogP contribution in [0.1, 0.15) is 11.1 Å². The zero-order valence-electron chi connectivity index (χ0n) is 10.8. The fourth-order valence-corrected chi connectivity index (χ4v) is 2.92. The van der Waals surface area contributed by atoms with E-state index in [9.17, 15) is 8.78 Å². The summed E-state index contributed by atoms with van der Waals surface area (Å²) >= 11 is 14.9. The lowest BCUT2D eigenvalue weighted by Crippen LogP contribution is -2.26. The summed E-state index contributed by atoms with van der Waals surface area (Å²) in [4.78, 5) is 0. The van der Waals surface area contributed by atoms with Gasteiger partial charge < -0.3 is 5.73 Å². The number of hydrogen-bond donors (Lipinski definition) is 1. The Balaban J connectivity index is 2.15. The molecule has 0 fully saturated rings. The van der Waals surface area contributed by atoms with E-state index in [1.165, 1.54) is 12.1 Å². The average molecular weight is 395 g/mol. The van der Waals surface area contributed by atoms with Gasteiger partial charge >= 0.3 is 0 Å². The molecule has 0 aliphatic heterocycles. The molecule has 0 aromatic heterocycles. The van der Waals surface area contributed by atoms with Gasteiger partial charge in [-0.1, -0.05) is 29.3 Å². The fraction of sp³-hybridized carbons (Fsp3) is 0.200. The Labute approximate surface area is 140 Å². The van der Waals surface area contributed by atoms with Gasteiger partial charge in [-0.05, 0) is 58.6 Å². The Hall–Kier alpha value is -0.680. The number of benzene rings is 2. The second-order valence-electron chi connectivity index (χ2n) is 4.73. The van der Waals surface area contributed by atoms with Gasteiger partial charge in [-0.15, -0.1) is 0 Å². The second kappa shape index (κ2) is 7.05. The maximum atomic E-state index is 13.9. The van der Waals surface area contributed by atoms with Crippen LogP contribution in [-0.2, 0) is 12.8 Å². The molecule has 1 unspecified atom stereocenters. The molecule has 1 atom stereocenters. The van der Waals surface area contributed by atoms with E-state index < -0.39 is 17.7 Å². The summed E-state index contributed by atoms with van der Waals surface area (Å²) in [5.74, 6) is -1.22. The van der Waals surface area contributed by atoms with Crippen LogP contribution in [0, 0.1) is 11.6 Å². The van der Waals surface area contributed by atoms with E-state index in [0.29, 0.717) is 16.5 Å². The van der Waals surface area contributed by atoms with Crippen molar-refractivity contribution in [2.24, 2.45) is 5.73 Å². The largest absolute Gasteiger partial charge is 0.327 e. The molecule has 21 heavy (non-hydrogen) atoms. The third-order valence-corrected chi connectivity index (χ3v) is 4.30. The van der Waals surface area contributed by atoms with Gasteiger partial charge in [0, 0.05) is 21.7 Å². The van der Waals surface area contributed by atoms with Crippen molar-refractivity contribution in [2.45, 2.75) is 18.9 Å². The molecule has 0 saturated heterocycles. The van der Waals surface area contributed by atoms with Crippen LogP contribution in [0.3, 0.4) is 0 Å². The smallest absolute Gasteiger partial charge is 0.143 e. The van der Waals surface area contributed by atoms with E-state index in [2.05, 4.69) is 15.9 Å². The summed E-state index contributed by atoms with van der Waals surface area (Å²) in [7, 11) is 0. The van der Waals surface area contributed by atoms with Crippen LogP contribution >= 0.6 is 39.1 Å². The molecule has 0 spiro atoms. The number of rotatable bonds is 4. The molecular weight excluding hydrogens is 383 g/mol. The van der Waals surface area contributed by atoms with Crippen molar-refractivity contribution < 1.29 is 8.78 Å². The Morgan fingerprint density at radius 2 is 1.81 bits per heavy atom. The van der Waals surface area contributed by atoms with Crippen molar-refractivity contribution >= 4 is 39.1 Å². The highest BCUT2D eigenvalue weighted by Gasteiger charge is 2.16. The van der Waals surface area contributed by atoms with Crippen molar-refractivity contribution in [2.75, 3.05) is 0 Å². The topological polar surface area (TPSA) is 26.0 Å². The van der Waals surface area contributed by atoms with Crippen molar-refractivity contribution in [1.82, 2.24) is 0 Å². The molecule has 0 heterocycles. The Morgan fingerprint density at radius 1 is 1.10 bits per heavy atom. The molecule has 2 aromatic rings. The van der Waals surface area contributed by atoms with E-state index in [1.807, 2.05) is 0 Å². The summed E-state index contributed by atoms with van der Waals surface area (Å²) in [5.41, 5.74) is 6.76. The number of halogens is 5. The first-order chi connectivity index (χ1) is 9.88. The monoisotopic (exact) mass is 393 g/mol. The standard InChI is InChI=1S/C15H12BrCl2F2N/c16-12-3-4-14(19)11(15(12)20)7-10(21)5-8-1-2-9(17)6-13(8)18/h1-4,6,10H,5,7,21H2. The molecule has 0 radical (unpaired) electrons. The summed E-state index contributed by atoms with van der Waals surface area (Å²) in [6.07, 6.45) is 0.484. The van der Waals surface area contributed by atoms with Gasteiger partial charge in [0.15, 0.2) is 0 Å². The van der Waals surface area contributed by atoms with Crippen LogP contribution in [0.4, 0.5) is 8.78 Å². The molecule has 0 saturated carbocycles. The Bertz CT molecular complexity index is 664. The van der Waals surface area contributed by atoms with Gasteiger partial charge in [0.1, 0.15) is 11.6 Å². The lowest BCUT2D eigenvalue weighted by atomic mass is 9.99. The van der Waals surface area contributed by atoms with Gasteiger partial charge in [-0.25, -0.2) is 8.78 Å². The van der Waals surface area contributed by atoms with Gasteiger partial charge in [0.25, 0.3) is 0 Å². The summed E-state index contributed by atoms with van der Waals surface area (Å²) in [6.45, 7) is 0. The van der Waals surface area contributed by atoms with E-state index in [0.717, 1.165) is 5.56 Å². The Morgan fingerprint density at radius 3 is 2.48 bits per heavy atom. The Kier molecular flexibility index (Phi) is 5.60. The van der Waals surface area contributed by atoms with Crippen molar-refractivity contribution in [3.05, 3.63) is 67.6 Å². The maximum absolute atomic E-state index is 13.9. The van der Waals surface area contributed by atoms with Gasteiger partial charge in [0.05, 0.1) is 4.47 Å². The lowest BCUT2D eigenvalue weighted by Gasteiger charge is -2.14. The lowest BCUT2D eigenvalue weighted by molar-refractivity contribution is 0.530. The average Bonchev–Trinajstić information content (AvgIpc) is 2.42. The normalized spacial score (nSPS) is 12.5. The molecule has 0 aliphatic rings. The zero-order chi connectivity index (χ0) is 15.6. The first-order valence-electron chi connectivity index (χ1n) is 6.20. The number of hydrogen-bond acceptors (Lipinski definition) is 1.